The van der Waals surface area contributed by atoms with Gasteiger partial charge in [-0.25, -0.2) is 0 Å². The highest BCUT2D eigenvalue weighted by Crippen LogP contribution is 2.17. The van der Waals surface area contributed by atoms with Crippen molar-refractivity contribution in [3.8, 4) is 0 Å². The fourth-order valence-electron chi connectivity index (χ4n) is 9.94. The van der Waals surface area contributed by atoms with E-state index in [2.05, 4.69) is 69.4 Å². The first-order valence-corrected chi connectivity index (χ1v) is 33.6. The third-order valence-electron chi connectivity index (χ3n) is 15.0. The summed E-state index contributed by atoms with van der Waals surface area (Å²) < 4.78 is 16.9. The molecule has 0 aromatic carbocycles. The first kappa shape index (κ1) is 73.4. The Morgan fingerprint density at radius 1 is 0.263 bits per heavy atom. The summed E-state index contributed by atoms with van der Waals surface area (Å²) in [7, 11) is 0. The Hall–Kier alpha value is -2.63. The summed E-state index contributed by atoms with van der Waals surface area (Å²) in [4.78, 5) is 38.3. The van der Waals surface area contributed by atoms with Gasteiger partial charge >= 0.3 is 17.9 Å². The number of carbonyl (C=O) groups excluding carboxylic acids is 3. The van der Waals surface area contributed by atoms with Crippen molar-refractivity contribution in [2.45, 2.75) is 367 Å². The Bertz CT molecular complexity index is 1310. The van der Waals surface area contributed by atoms with E-state index in [0.717, 1.165) is 83.5 Å². The third kappa shape index (κ3) is 62.2. The van der Waals surface area contributed by atoms with Gasteiger partial charge in [-0.15, -0.1) is 0 Å². The van der Waals surface area contributed by atoms with Crippen LogP contribution in [0.5, 0.6) is 0 Å². The zero-order valence-corrected chi connectivity index (χ0v) is 51.0. The molecule has 0 saturated heterocycles. The lowest BCUT2D eigenvalue weighted by Crippen LogP contribution is -2.30. The molecule has 6 heteroatoms. The molecule has 0 radical (unpaired) electrons. The third-order valence-corrected chi connectivity index (χ3v) is 15.0. The average Bonchev–Trinajstić information content (AvgIpc) is 3.42. The van der Waals surface area contributed by atoms with Crippen LogP contribution in [0.15, 0.2) is 48.6 Å². The highest BCUT2D eigenvalue weighted by molar-refractivity contribution is 5.71. The topological polar surface area (TPSA) is 78.9 Å². The van der Waals surface area contributed by atoms with Gasteiger partial charge in [0.1, 0.15) is 13.2 Å². The molecule has 1 atom stereocenters. The highest BCUT2D eigenvalue weighted by atomic mass is 16.6. The van der Waals surface area contributed by atoms with E-state index in [1.165, 1.54) is 238 Å². The molecule has 0 fully saturated rings. The Kier molecular flexibility index (Phi) is 62.6. The summed E-state index contributed by atoms with van der Waals surface area (Å²) in [5, 5.41) is 0. The van der Waals surface area contributed by atoms with Crippen LogP contribution in [0.4, 0.5) is 0 Å². The molecule has 6 nitrogen and oxygen atoms in total. The minimum Gasteiger partial charge on any atom is -0.462 e. The minimum atomic E-state index is -0.781. The molecular weight excluding hydrogens is 937 g/mol. The first-order valence-electron chi connectivity index (χ1n) is 33.6. The summed E-state index contributed by atoms with van der Waals surface area (Å²) in [5.41, 5.74) is 0. The number of unbranched alkanes of at least 4 members (excludes halogenated alkanes) is 43. The van der Waals surface area contributed by atoms with E-state index in [9.17, 15) is 14.4 Å². The Morgan fingerprint density at radius 2 is 0.500 bits per heavy atom. The fraction of sp³-hybridized carbons (Fsp3) is 0.843. The van der Waals surface area contributed by atoms with E-state index in [-0.39, 0.29) is 31.1 Å². The van der Waals surface area contributed by atoms with Crippen molar-refractivity contribution in [2.24, 2.45) is 0 Å². The normalized spacial score (nSPS) is 12.3. The van der Waals surface area contributed by atoms with Crippen molar-refractivity contribution in [3.63, 3.8) is 0 Å². The summed E-state index contributed by atoms with van der Waals surface area (Å²) in [6.07, 6.45) is 81.3. The summed E-state index contributed by atoms with van der Waals surface area (Å²) in [6, 6.07) is 0. The lowest BCUT2D eigenvalue weighted by atomic mass is 10.0. The van der Waals surface area contributed by atoms with Crippen molar-refractivity contribution in [2.75, 3.05) is 13.2 Å². The molecule has 0 heterocycles. The lowest BCUT2D eigenvalue weighted by molar-refractivity contribution is -0.167. The van der Waals surface area contributed by atoms with Gasteiger partial charge in [0.05, 0.1) is 0 Å². The highest BCUT2D eigenvalue weighted by Gasteiger charge is 2.19. The van der Waals surface area contributed by atoms with Crippen LogP contribution >= 0.6 is 0 Å². The van der Waals surface area contributed by atoms with E-state index in [4.69, 9.17) is 14.2 Å². The van der Waals surface area contributed by atoms with Gasteiger partial charge in [0, 0.05) is 19.3 Å². The molecule has 0 aliphatic rings. The number of esters is 3. The largest absolute Gasteiger partial charge is 0.462 e. The number of rotatable bonds is 62. The van der Waals surface area contributed by atoms with E-state index in [1.807, 2.05) is 0 Å². The van der Waals surface area contributed by atoms with E-state index in [1.54, 1.807) is 0 Å². The maximum atomic E-state index is 12.9. The van der Waals surface area contributed by atoms with Crippen LogP contribution < -0.4 is 0 Å². The average molecular weight is 1070 g/mol. The van der Waals surface area contributed by atoms with Crippen molar-refractivity contribution in [1.29, 1.82) is 0 Å². The van der Waals surface area contributed by atoms with Crippen LogP contribution in [0.1, 0.15) is 361 Å². The van der Waals surface area contributed by atoms with Gasteiger partial charge in [0.25, 0.3) is 0 Å². The van der Waals surface area contributed by atoms with Gasteiger partial charge in [-0.3, -0.25) is 14.4 Å². The molecule has 76 heavy (non-hydrogen) atoms. The summed E-state index contributed by atoms with van der Waals surface area (Å²) >= 11 is 0. The first-order chi connectivity index (χ1) is 37.5. The van der Waals surface area contributed by atoms with Crippen LogP contribution in [0.3, 0.4) is 0 Å². The van der Waals surface area contributed by atoms with E-state index in [0.29, 0.717) is 19.3 Å². The van der Waals surface area contributed by atoms with Crippen LogP contribution in [0, 0.1) is 0 Å². The lowest BCUT2D eigenvalue weighted by Gasteiger charge is -2.18. The molecule has 0 spiro atoms. The molecule has 0 aliphatic heterocycles. The van der Waals surface area contributed by atoms with Crippen LogP contribution in [-0.2, 0) is 28.6 Å². The standard InChI is InChI=1S/C70H128O6/c1-4-7-10-13-16-19-22-25-27-29-31-32-33-34-35-36-37-38-39-41-42-45-48-51-54-57-60-63-69(72)75-66-67(65-74-68(71)62-59-56-53-50-47-44-24-21-18-15-12-9-6-3)76-70(73)64-61-58-55-52-49-46-43-40-30-28-26-23-20-17-14-11-8-5-2/h12,15,21,24,28-31,67H,4-11,13-14,16-20,22-23,25-27,32-66H2,1-3H3/b15-12-,24-21-,30-28-,31-29-. The second kappa shape index (κ2) is 64.9. The number of allylic oxidation sites excluding steroid dienone is 8. The molecule has 0 N–H and O–H groups in total. The minimum absolute atomic E-state index is 0.0764. The van der Waals surface area contributed by atoms with Gasteiger partial charge in [-0.2, -0.15) is 0 Å². The number of carbonyl (C=O) groups is 3. The summed E-state index contributed by atoms with van der Waals surface area (Å²) in [6.45, 7) is 6.61. The maximum Gasteiger partial charge on any atom is 0.306 e. The van der Waals surface area contributed by atoms with Crippen molar-refractivity contribution < 1.29 is 28.6 Å². The van der Waals surface area contributed by atoms with Gasteiger partial charge in [-0.05, 0) is 96.3 Å². The van der Waals surface area contributed by atoms with Crippen molar-refractivity contribution >= 4 is 17.9 Å². The van der Waals surface area contributed by atoms with Gasteiger partial charge in [-0.1, -0.05) is 294 Å². The van der Waals surface area contributed by atoms with Crippen molar-refractivity contribution in [3.05, 3.63) is 48.6 Å². The van der Waals surface area contributed by atoms with Crippen LogP contribution in [0.25, 0.3) is 0 Å². The summed E-state index contributed by atoms with van der Waals surface area (Å²) in [5.74, 6) is -0.875. The smallest absolute Gasteiger partial charge is 0.306 e. The Morgan fingerprint density at radius 3 is 0.789 bits per heavy atom. The predicted octanol–water partition coefficient (Wildman–Crippen LogP) is 22.9. The Labute approximate surface area is 473 Å². The second-order valence-electron chi connectivity index (χ2n) is 22.7. The van der Waals surface area contributed by atoms with Crippen molar-refractivity contribution in [1.82, 2.24) is 0 Å². The van der Waals surface area contributed by atoms with Gasteiger partial charge in [0.2, 0.25) is 0 Å². The molecule has 0 aromatic rings. The zero-order chi connectivity index (χ0) is 55.0. The van der Waals surface area contributed by atoms with E-state index < -0.39 is 6.10 Å². The molecule has 0 amide bonds. The number of hydrogen-bond donors (Lipinski definition) is 0. The van der Waals surface area contributed by atoms with Crippen LogP contribution in [-0.4, -0.2) is 37.2 Å². The predicted molar refractivity (Wildman–Crippen MR) is 330 cm³/mol. The molecule has 0 bridgehead atoms. The fourth-order valence-corrected chi connectivity index (χ4v) is 9.94. The Balaban J connectivity index is 4.23. The molecule has 1 unspecified atom stereocenters. The molecule has 0 aromatic heterocycles. The number of ether oxygens (including phenoxy) is 3. The second-order valence-corrected chi connectivity index (χ2v) is 22.7. The van der Waals surface area contributed by atoms with Gasteiger partial charge in [0.15, 0.2) is 6.10 Å². The van der Waals surface area contributed by atoms with Crippen LogP contribution in [0.2, 0.25) is 0 Å². The van der Waals surface area contributed by atoms with E-state index >= 15 is 0 Å². The maximum absolute atomic E-state index is 12.9. The zero-order valence-electron chi connectivity index (χ0n) is 51.0. The quantitative estimate of drug-likeness (QED) is 0.0261. The molecule has 0 saturated carbocycles. The number of hydrogen-bond acceptors (Lipinski definition) is 6. The molecule has 0 aliphatic carbocycles. The molecular formula is C70H128O6. The molecule has 0 rings (SSSR count). The molecule has 444 valence electrons. The van der Waals surface area contributed by atoms with Gasteiger partial charge < -0.3 is 14.2 Å². The SMILES string of the molecule is CCC/C=C\C/C=C\CCCCCCCC(=O)OCC(COC(=O)CCCCCCCCCCCCCCCCC/C=C\CCCCCCCCCC)OC(=O)CCCCCCCCC/C=C\CCCCCCCCC. The monoisotopic (exact) mass is 1060 g/mol.